The number of hydrogen-bond acceptors (Lipinski definition) is 3. The van der Waals surface area contributed by atoms with Crippen molar-refractivity contribution >= 4 is 11.6 Å². The number of anilines is 1. The lowest BCUT2D eigenvalue weighted by Crippen LogP contribution is -2.45. The number of amides is 1. The zero-order valence-corrected chi connectivity index (χ0v) is 10.1. The molecular weight excluding hydrogens is 216 g/mol. The van der Waals surface area contributed by atoms with Crippen LogP contribution < -0.4 is 10.1 Å². The minimum absolute atomic E-state index is 0.161. The van der Waals surface area contributed by atoms with Crippen molar-refractivity contribution in [1.82, 2.24) is 0 Å². The summed E-state index contributed by atoms with van der Waals surface area (Å²) in [7, 11) is 0. The Morgan fingerprint density at radius 3 is 2.82 bits per heavy atom. The molecule has 0 radical (unpaired) electrons. The Balaban J connectivity index is 2.41. The number of rotatable bonds is 1. The summed E-state index contributed by atoms with van der Waals surface area (Å²) in [6, 6.07) is 7.58. The first-order valence-electron chi connectivity index (χ1n) is 5.48. The minimum atomic E-state index is -0.874. The number of ether oxygens (including phenoxy) is 1. The molecule has 88 valence electrons. The zero-order valence-electron chi connectivity index (χ0n) is 10.1. The summed E-state index contributed by atoms with van der Waals surface area (Å²) < 4.78 is 5.65. The van der Waals surface area contributed by atoms with Crippen molar-refractivity contribution in [2.45, 2.75) is 32.3 Å². The summed E-state index contributed by atoms with van der Waals surface area (Å²) in [6.07, 6.45) is 0. The van der Waals surface area contributed by atoms with Crippen molar-refractivity contribution < 1.29 is 9.53 Å². The second-order valence-electron chi connectivity index (χ2n) is 4.67. The van der Waals surface area contributed by atoms with Crippen LogP contribution in [0.3, 0.4) is 0 Å². The number of benzene rings is 1. The SMILES string of the molecule is CC(C#N)c1ccc2c(c1)OC(C)(C)C(=O)N2. The summed E-state index contributed by atoms with van der Waals surface area (Å²) >= 11 is 0. The third-order valence-electron chi connectivity index (χ3n) is 2.86. The van der Waals surface area contributed by atoms with Gasteiger partial charge in [0.15, 0.2) is 5.60 Å². The molecule has 1 unspecified atom stereocenters. The summed E-state index contributed by atoms with van der Waals surface area (Å²) in [5.41, 5.74) is 0.669. The lowest BCUT2D eigenvalue weighted by molar-refractivity contribution is -0.129. The van der Waals surface area contributed by atoms with Crippen LogP contribution in [0.5, 0.6) is 5.75 Å². The van der Waals surface area contributed by atoms with E-state index < -0.39 is 5.60 Å². The number of nitrogens with zero attached hydrogens (tertiary/aromatic N) is 1. The van der Waals surface area contributed by atoms with Gasteiger partial charge in [0, 0.05) is 0 Å². The van der Waals surface area contributed by atoms with Crippen molar-refractivity contribution in [3.05, 3.63) is 23.8 Å². The first-order chi connectivity index (χ1) is 7.94. The Bertz CT molecular complexity index is 515. The lowest BCUT2D eigenvalue weighted by Gasteiger charge is -2.31. The molecule has 1 atom stereocenters. The largest absolute Gasteiger partial charge is 0.476 e. The van der Waals surface area contributed by atoms with E-state index in [-0.39, 0.29) is 11.8 Å². The quantitative estimate of drug-likeness (QED) is 0.805. The standard InChI is InChI=1S/C13H14N2O2/c1-8(7-14)9-4-5-10-11(6-9)17-13(2,3)12(16)15-10/h4-6,8H,1-3H3,(H,15,16). The molecule has 0 aliphatic carbocycles. The fourth-order valence-electron chi connectivity index (χ4n) is 1.66. The van der Waals surface area contributed by atoms with E-state index in [0.717, 1.165) is 5.56 Å². The zero-order chi connectivity index (χ0) is 12.6. The van der Waals surface area contributed by atoms with Gasteiger partial charge in [-0.05, 0) is 38.5 Å². The first-order valence-corrected chi connectivity index (χ1v) is 5.48. The summed E-state index contributed by atoms with van der Waals surface area (Å²) in [5, 5.41) is 11.7. The van der Waals surface area contributed by atoms with E-state index in [1.165, 1.54) is 0 Å². The number of carbonyl (C=O) groups excluding carboxylic acids is 1. The second-order valence-corrected chi connectivity index (χ2v) is 4.67. The molecule has 0 aromatic heterocycles. The van der Waals surface area contributed by atoms with Crippen LogP contribution in [0, 0.1) is 11.3 Å². The number of nitrogens with one attached hydrogen (secondary N) is 1. The van der Waals surface area contributed by atoms with Gasteiger partial charge in [-0.25, -0.2) is 0 Å². The Morgan fingerprint density at radius 1 is 1.47 bits per heavy atom. The number of fused-ring (bicyclic) bond motifs is 1. The topological polar surface area (TPSA) is 62.1 Å². The highest BCUT2D eigenvalue weighted by Gasteiger charge is 2.35. The average molecular weight is 230 g/mol. The first kappa shape index (κ1) is 11.5. The van der Waals surface area contributed by atoms with Crippen molar-refractivity contribution in [2.24, 2.45) is 0 Å². The van der Waals surface area contributed by atoms with Crippen LogP contribution in [0.1, 0.15) is 32.3 Å². The molecule has 4 nitrogen and oxygen atoms in total. The Labute approximate surface area is 100 Å². The normalized spacial score (nSPS) is 18.4. The maximum absolute atomic E-state index is 11.7. The molecule has 0 spiro atoms. The van der Waals surface area contributed by atoms with Gasteiger partial charge in [-0.15, -0.1) is 0 Å². The van der Waals surface area contributed by atoms with Crippen molar-refractivity contribution in [1.29, 1.82) is 5.26 Å². The molecule has 1 aromatic rings. The van der Waals surface area contributed by atoms with Gasteiger partial charge in [-0.1, -0.05) is 6.07 Å². The molecule has 1 aliphatic heterocycles. The van der Waals surface area contributed by atoms with Crippen LogP contribution in [-0.4, -0.2) is 11.5 Å². The molecule has 1 aliphatic rings. The molecule has 1 amide bonds. The van der Waals surface area contributed by atoms with Crippen LogP contribution >= 0.6 is 0 Å². The van der Waals surface area contributed by atoms with E-state index in [2.05, 4.69) is 11.4 Å². The van der Waals surface area contributed by atoms with E-state index in [1.807, 2.05) is 19.1 Å². The highest BCUT2D eigenvalue weighted by molar-refractivity contribution is 6.00. The van der Waals surface area contributed by atoms with Crippen molar-refractivity contribution in [3.63, 3.8) is 0 Å². The molecule has 2 rings (SSSR count). The molecule has 1 heterocycles. The molecule has 0 bridgehead atoms. The van der Waals surface area contributed by atoms with E-state index in [1.54, 1.807) is 19.9 Å². The Kier molecular flexibility index (Phi) is 2.55. The van der Waals surface area contributed by atoms with Gasteiger partial charge >= 0.3 is 0 Å². The van der Waals surface area contributed by atoms with E-state index in [9.17, 15) is 4.79 Å². The molecule has 1 aromatic carbocycles. The second kappa shape index (κ2) is 3.77. The number of hydrogen-bond donors (Lipinski definition) is 1. The van der Waals surface area contributed by atoms with Gasteiger partial charge in [-0.2, -0.15) is 5.26 Å². The van der Waals surface area contributed by atoms with Gasteiger partial charge in [0.05, 0.1) is 17.7 Å². The van der Waals surface area contributed by atoms with Crippen LogP contribution in [-0.2, 0) is 4.79 Å². The number of carbonyl (C=O) groups is 1. The van der Waals surface area contributed by atoms with Crippen LogP contribution in [0.15, 0.2) is 18.2 Å². The average Bonchev–Trinajstić information content (AvgIpc) is 2.28. The predicted molar refractivity (Wildman–Crippen MR) is 63.8 cm³/mol. The van der Waals surface area contributed by atoms with Gasteiger partial charge in [0.1, 0.15) is 5.75 Å². The van der Waals surface area contributed by atoms with Crippen molar-refractivity contribution in [2.75, 3.05) is 5.32 Å². The molecular formula is C13H14N2O2. The van der Waals surface area contributed by atoms with Gasteiger partial charge in [0.25, 0.3) is 5.91 Å². The molecule has 17 heavy (non-hydrogen) atoms. The highest BCUT2D eigenvalue weighted by Crippen LogP contribution is 2.35. The predicted octanol–water partition coefficient (Wildman–Crippen LogP) is 2.42. The lowest BCUT2D eigenvalue weighted by atomic mass is 10.00. The van der Waals surface area contributed by atoms with Crippen LogP contribution in [0.4, 0.5) is 5.69 Å². The Morgan fingerprint density at radius 2 is 2.18 bits per heavy atom. The smallest absolute Gasteiger partial charge is 0.268 e. The van der Waals surface area contributed by atoms with E-state index in [4.69, 9.17) is 10.00 Å². The van der Waals surface area contributed by atoms with Gasteiger partial charge in [0.2, 0.25) is 0 Å². The third kappa shape index (κ3) is 1.96. The maximum atomic E-state index is 11.7. The van der Waals surface area contributed by atoms with E-state index in [0.29, 0.717) is 11.4 Å². The number of nitriles is 1. The molecule has 1 N–H and O–H groups in total. The molecule has 0 fully saturated rings. The van der Waals surface area contributed by atoms with Gasteiger partial charge in [-0.3, -0.25) is 4.79 Å². The third-order valence-corrected chi connectivity index (χ3v) is 2.86. The maximum Gasteiger partial charge on any atom is 0.268 e. The molecule has 4 heteroatoms. The van der Waals surface area contributed by atoms with Crippen molar-refractivity contribution in [3.8, 4) is 11.8 Å². The van der Waals surface area contributed by atoms with Crippen LogP contribution in [0.25, 0.3) is 0 Å². The summed E-state index contributed by atoms with van der Waals surface area (Å²) in [5.74, 6) is 0.268. The molecule has 0 saturated heterocycles. The fourth-order valence-corrected chi connectivity index (χ4v) is 1.66. The highest BCUT2D eigenvalue weighted by atomic mass is 16.5. The summed E-state index contributed by atoms with van der Waals surface area (Å²) in [6.45, 7) is 5.26. The Hall–Kier alpha value is -2.02. The van der Waals surface area contributed by atoms with Gasteiger partial charge < -0.3 is 10.1 Å². The van der Waals surface area contributed by atoms with E-state index >= 15 is 0 Å². The fraction of sp³-hybridized carbons (Fsp3) is 0.385. The monoisotopic (exact) mass is 230 g/mol. The molecule has 0 saturated carbocycles. The van der Waals surface area contributed by atoms with Crippen LogP contribution in [0.2, 0.25) is 0 Å². The summed E-state index contributed by atoms with van der Waals surface area (Å²) in [4.78, 5) is 11.7. The minimum Gasteiger partial charge on any atom is -0.476 e.